The topological polar surface area (TPSA) is 84.5 Å². The molecular weight excluding hydrogens is 529 g/mol. The van der Waals surface area contributed by atoms with Crippen LogP contribution in [0.3, 0.4) is 0 Å². The lowest BCUT2D eigenvalue weighted by Gasteiger charge is -2.13. The number of nitrogens with one attached hydrogen (secondary N) is 2. The molecule has 37 heavy (non-hydrogen) atoms. The molecule has 2 amide bonds. The van der Waals surface area contributed by atoms with E-state index in [1.54, 1.807) is 36.0 Å². The Bertz CT molecular complexity index is 1240. The molecule has 0 atom stereocenters. The Labute approximate surface area is 220 Å². The van der Waals surface area contributed by atoms with Gasteiger partial charge in [-0.05, 0) is 67.1 Å². The monoisotopic (exact) mass is 550 g/mol. The lowest BCUT2D eigenvalue weighted by Crippen LogP contribution is -2.22. The van der Waals surface area contributed by atoms with Crippen LogP contribution in [0.5, 0.6) is 0 Å². The number of para-hydroxylation sites is 1. The van der Waals surface area contributed by atoms with Crippen LogP contribution in [0.25, 0.3) is 0 Å². The number of rotatable bonds is 10. The molecule has 0 saturated carbocycles. The average molecular weight is 551 g/mol. The standard InChI is InChI=1S/C26H22ClF3N2O4S/c27-17-8-12-19(13-9-17)37-20-14-10-18(11-15-20)31-23(33)6-3-7-25(35)36-16-24(34)32-22-5-2-1-4-21(22)26(28,29)30/h1-2,4-5,8-15H,3,6-7,16H2,(H,31,33)(H,32,34). The van der Waals surface area contributed by atoms with Gasteiger partial charge in [-0.3, -0.25) is 14.4 Å². The fraction of sp³-hybridized carbons (Fsp3) is 0.192. The molecule has 11 heteroatoms. The van der Waals surface area contributed by atoms with Crippen LogP contribution < -0.4 is 10.6 Å². The Balaban J connectivity index is 1.35. The first-order chi connectivity index (χ1) is 17.6. The summed E-state index contributed by atoms with van der Waals surface area (Å²) >= 11 is 7.44. The first-order valence-corrected chi connectivity index (χ1v) is 12.2. The molecule has 0 saturated heterocycles. The molecule has 194 valence electrons. The zero-order chi connectivity index (χ0) is 26.8. The normalized spacial score (nSPS) is 11.0. The molecule has 0 radical (unpaired) electrons. The summed E-state index contributed by atoms with van der Waals surface area (Å²) in [5.41, 5.74) is -0.830. The van der Waals surface area contributed by atoms with Crippen molar-refractivity contribution in [3.63, 3.8) is 0 Å². The van der Waals surface area contributed by atoms with Crippen LogP contribution >= 0.6 is 23.4 Å². The molecule has 3 aromatic carbocycles. The number of alkyl halides is 3. The Morgan fingerprint density at radius 3 is 2.08 bits per heavy atom. The van der Waals surface area contributed by atoms with Crippen molar-refractivity contribution in [3.05, 3.63) is 83.4 Å². The molecule has 0 spiro atoms. The minimum absolute atomic E-state index is 0.0432. The van der Waals surface area contributed by atoms with E-state index in [4.69, 9.17) is 16.3 Å². The lowest BCUT2D eigenvalue weighted by atomic mass is 10.1. The molecular formula is C26H22ClF3N2O4S. The van der Waals surface area contributed by atoms with E-state index in [2.05, 4.69) is 10.6 Å². The van der Waals surface area contributed by atoms with E-state index in [1.165, 1.54) is 12.1 Å². The predicted molar refractivity (Wildman–Crippen MR) is 136 cm³/mol. The predicted octanol–water partition coefficient (Wildman–Crippen LogP) is 6.80. The number of esters is 1. The van der Waals surface area contributed by atoms with E-state index in [0.717, 1.165) is 21.9 Å². The van der Waals surface area contributed by atoms with Gasteiger partial charge in [0.25, 0.3) is 5.91 Å². The summed E-state index contributed by atoms with van der Waals surface area (Å²) in [5.74, 6) is -1.94. The van der Waals surface area contributed by atoms with Crippen LogP contribution in [-0.2, 0) is 25.3 Å². The van der Waals surface area contributed by atoms with Crippen molar-refractivity contribution in [1.82, 2.24) is 0 Å². The first-order valence-electron chi connectivity index (χ1n) is 11.1. The number of ether oxygens (including phenoxy) is 1. The summed E-state index contributed by atoms with van der Waals surface area (Å²) < 4.78 is 43.8. The summed E-state index contributed by atoms with van der Waals surface area (Å²) in [6.45, 7) is -0.738. The average Bonchev–Trinajstić information content (AvgIpc) is 2.85. The SMILES string of the molecule is O=C(CCCC(=O)OCC(=O)Nc1ccccc1C(F)(F)F)Nc1ccc(Sc2ccc(Cl)cc2)cc1. The third kappa shape index (κ3) is 9.47. The molecule has 0 heterocycles. The van der Waals surface area contributed by atoms with Crippen molar-refractivity contribution in [1.29, 1.82) is 0 Å². The van der Waals surface area contributed by atoms with Gasteiger partial charge in [0.15, 0.2) is 6.61 Å². The molecule has 0 aliphatic rings. The highest BCUT2D eigenvalue weighted by atomic mass is 35.5. The second-order valence-corrected chi connectivity index (χ2v) is 9.32. The Hall–Kier alpha value is -3.50. The Morgan fingerprint density at radius 2 is 1.43 bits per heavy atom. The van der Waals surface area contributed by atoms with Gasteiger partial charge in [-0.1, -0.05) is 35.5 Å². The minimum Gasteiger partial charge on any atom is -0.456 e. The second kappa shape index (κ2) is 13.2. The van der Waals surface area contributed by atoms with Crippen molar-refractivity contribution in [3.8, 4) is 0 Å². The zero-order valence-electron chi connectivity index (χ0n) is 19.3. The van der Waals surface area contributed by atoms with Crippen molar-refractivity contribution >= 4 is 52.5 Å². The maximum Gasteiger partial charge on any atom is 0.418 e. The number of carbonyl (C=O) groups excluding carboxylic acids is 3. The van der Waals surface area contributed by atoms with Crippen LogP contribution in [0.4, 0.5) is 24.5 Å². The molecule has 2 N–H and O–H groups in total. The van der Waals surface area contributed by atoms with Gasteiger partial charge in [0.2, 0.25) is 5.91 Å². The van der Waals surface area contributed by atoms with Crippen LogP contribution in [0.1, 0.15) is 24.8 Å². The maximum atomic E-state index is 13.0. The molecule has 0 unspecified atom stereocenters. The quantitative estimate of drug-likeness (QED) is 0.271. The van der Waals surface area contributed by atoms with E-state index < -0.39 is 35.9 Å². The number of carbonyl (C=O) groups is 3. The minimum atomic E-state index is -4.64. The van der Waals surface area contributed by atoms with E-state index >= 15 is 0 Å². The summed E-state index contributed by atoms with van der Waals surface area (Å²) in [5, 5.41) is 5.48. The van der Waals surface area contributed by atoms with E-state index in [1.807, 2.05) is 24.3 Å². The van der Waals surface area contributed by atoms with E-state index in [9.17, 15) is 27.6 Å². The van der Waals surface area contributed by atoms with E-state index in [0.29, 0.717) is 10.7 Å². The van der Waals surface area contributed by atoms with Gasteiger partial charge < -0.3 is 15.4 Å². The molecule has 0 aromatic heterocycles. The fourth-order valence-electron chi connectivity index (χ4n) is 3.11. The molecule has 6 nitrogen and oxygen atoms in total. The van der Waals surface area contributed by atoms with Crippen LogP contribution in [0.2, 0.25) is 5.02 Å². The first kappa shape index (κ1) is 28.1. The molecule has 3 rings (SSSR count). The largest absolute Gasteiger partial charge is 0.456 e. The van der Waals surface area contributed by atoms with Crippen molar-refractivity contribution in [2.24, 2.45) is 0 Å². The summed E-state index contributed by atoms with van der Waals surface area (Å²) in [7, 11) is 0. The number of halogens is 4. The van der Waals surface area contributed by atoms with Crippen molar-refractivity contribution in [2.75, 3.05) is 17.2 Å². The molecule has 0 bridgehead atoms. The molecule has 0 aliphatic heterocycles. The van der Waals surface area contributed by atoms with Gasteiger partial charge in [0.1, 0.15) is 0 Å². The highest BCUT2D eigenvalue weighted by Crippen LogP contribution is 2.34. The number of hydrogen-bond donors (Lipinski definition) is 2. The highest BCUT2D eigenvalue weighted by Gasteiger charge is 2.33. The Morgan fingerprint density at radius 1 is 0.811 bits per heavy atom. The van der Waals surface area contributed by atoms with Gasteiger partial charge in [-0.15, -0.1) is 0 Å². The smallest absolute Gasteiger partial charge is 0.418 e. The van der Waals surface area contributed by atoms with Gasteiger partial charge in [-0.25, -0.2) is 0 Å². The van der Waals surface area contributed by atoms with Gasteiger partial charge in [0, 0.05) is 33.3 Å². The number of hydrogen-bond acceptors (Lipinski definition) is 5. The van der Waals surface area contributed by atoms with Crippen molar-refractivity contribution < 1.29 is 32.3 Å². The number of amides is 2. The van der Waals surface area contributed by atoms with E-state index in [-0.39, 0.29) is 25.2 Å². The lowest BCUT2D eigenvalue weighted by molar-refractivity contribution is -0.147. The highest BCUT2D eigenvalue weighted by molar-refractivity contribution is 7.99. The second-order valence-electron chi connectivity index (χ2n) is 7.73. The fourth-order valence-corrected chi connectivity index (χ4v) is 4.05. The van der Waals surface area contributed by atoms with Gasteiger partial charge >= 0.3 is 12.1 Å². The molecule has 0 aliphatic carbocycles. The third-order valence-corrected chi connectivity index (χ3v) is 6.11. The van der Waals surface area contributed by atoms with Crippen molar-refractivity contribution in [2.45, 2.75) is 35.2 Å². The summed E-state index contributed by atoms with van der Waals surface area (Å²) in [4.78, 5) is 37.9. The van der Waals surface area contributed by atoms with Gasteiger partial charge in [0.05, 0.1) is 11.3 Å². The van der Waals surface area contributed by atoms with Gasteiger partial charge in [-0.2, -0.15) is 13.2 Å². The summed E-state index contributed by atoms with van der Waals surface area (Å²) in [6, 6.07) is 19.2. The number of anilines is 2. The zero-order valence-corrected chi connectivity index (χ0v) is 20.9. The third-order valence-electron chi connectivity index (χ3n) is 4.84. The number of benzene rings is 3. The maximum absolute atomic E-state index is 13.0. The van der Waals surface area contributed by atoms with Crippen LogP contribution in [0.15, 0.2) is 82.6 Å². The van der Waals surface area contributed by atoms with Crippen LogP contribution in [-0.4, -0.2) is 24.4 Å². The Kier molecular flexibility index (Phi) is 9.99. The summed E-state index contributed by atoms with van der Waals surface area (Å²) in [6.07, 6.45) is -4.55. The molecule has 0 fully saturated rings. The van der Waals surface area contributed by atoms with Crippen LogP contribution in [0, 0.1) is 0 Å². The molecule has 3 aromatic rings.